The lowest BCUT2D eigenvalue weighted by molar-refractivity contribution is -0.142. The predicted molar refractivity (Wildman–Crippen MR) is 63.8 cm³/mol. The number of carbonyl (C=O) groups is 2. The largest absolute Gasteiger partial charge is 0.480 e. The number of hydrogen-bond acceptors (Lipinski definition) is 4. The zero-order valence-corrected chi connectivity index (χ0v) is 10.5. The first-order chi connectivity index (χ1) is 8.11. The maximum Gasteiger partial charge on any atom is 0.326 e. The van der Waals surface area contributed by atoms with Crippen LogP contribution in [0.1, 0.15) is 26.2 Å². The first-order valence-electron chi connectivity index (χ1n) is 5.83. The first-order valence-corrected chi connectivity index (χ1v) is 5.83. The molecular formula is C11H22N2O4. The summed E-state index contributed by atoms with van der Waals surface area (Å²) < 4.78 is 4.84. The summed E-state index contributed by atoms with van der Waals surface area (Å²) in [6, 6.07) is -0.820. The fourth-order valence-corrected chi connectivity index (χ4v) is 1.33. The molecule has 0 aromatic carbocycles. The van der Waals surface area contributed by atoms with Gasteiger partial charge >= 0.3 is 5.97 Å². The summed E-state index contributed by atoms with van der Waals surface area (Å²) in [6.07, 6.45) is 1.29. The SMILES string of the molecule is CCNCCC(=O)NC(CCCOC)C(=O)O. The van der Waals surface area contributed by atoms with E-state index in [4.69, 9.17) is 9.84 Å². The van der Waals surface area contributed by atoms with Crippen LogP contribution >= 0.6 is 0 Å². The number of nitrogens with one attached hydrogen (secondary N) is 2. The van der Waals surface area contributed by atoms with Crippen molar-refractivity contribution >= 4 is 11.9 Å². The molecule has 0 bridgehead atoms. The van der Waals surface area contributed by atoms with E-state index < -0.39 is 12.0 Å². The molecule has 0 aliphatic carbocycles. The van der Waals surface area contributed by atoms with E-state index in [0.29, 0.717) is 32.4 Å². The van der Waals surface area contributed by atoms with Crippen LogP contribution in [-0.2, 0) is 14.3 Å². The van der Waals surface area contributed by atoms with E-state index in [1.165, 1.54) is 0 Å². The Kier molecular flexibility index (Phi) is 9.37. The minimum absolute atomic E-state index is 0.240. The van der Waals surface area contributed by atoms with Crippen molar-refractivity contribution in [1.82, 2.24) is 10.6 Å². The number of hydrogen-bond donors (Lipinski definition) is 3. The molecule has 0 spiro atoms. The van der Waals surface area contributed by atoms with E-state index in [-0.39, 0.29) is 5.91 Å². The summed E-state index contributed by atoms with van der Waals surface area (Å²) in [7, 11) is 1.56. The molecule has 0 aliphatic heterocycles. The fraction of sp³-hybridized carbons (Fsp3) is 0.818. The van der Waals surface area contributed by atoms with E-state index in [2.05, 4.69) is 10.6 Å². The van der Waals surface area contributed by atoms with Gasteiger partial charge in [-0.1, -0.05) is 6.92 Å². The molecule has 1 unspecified atom stereocenters. The Balaban J connectivity index is 3.89. The molecule has 0 rings (SSSR count). The molecule has 0 aromatic rings. The van der Waals surface area contributed by atoms with Gasteiger partial charge in [-0.3, -0.25) is 4.79 Å². The number of carboxylic acid groups (broad SMARTS) is 1. The molecule has 3 N–H and O–H groups in total. The molecule has 0 aromatic heterocycles. The summed E-state index contributed by atoms with van der Waals surface area (Å²) in [6.45, 7) is 3.80. The molecule has 0 heterocycles. The van der Waals surface area contributed by atoms with Gasteiger partial charge in [0.05, 0.1) is 0 Å². The van der Waals surface area contributed by atoms with Gasteiger partial charge in [0.1, 0.15) is 6.04 Å². The van der Waals surface area contributed by atoms with Crippen molar-refractivity contribution < 1.29 is 19.4 Å². The molecule has 0 radical (unpaired) electrons. The third-order valence-electron chi connectivity index (χ3n) is 2.25. The van der Waals surface area contributed by atoms with E-state index in [9.17, 15) is 9.59 Å². The number of amides is 1. The lowest BCUT2D eigenvalue weighted by Crippen LogP contribution is -2.41. The highest BCUT2D eigenvalue weighted by atomic mass is 16.5. The molecule has 0 saturated heterocycles. The monoisotopic (exact) mass is 246 g/mol. The van der Waals surface area contributed by atoms with Crippen LogP contribution in [0.15, 0.2) is 0 Å². The van der Waals surface area contributed by atoms with Gasteiger partial charge in [-0.25, -0.2) is 4.79 Å². The molecule has 100 valence electrons. The third kappa shape index (κ3) is 8.65. The Morgan fingerprint density at radius 1 is 1.41 bits per heavy atom. The van der Waals surface area contributed by atoms with Crippen LogP contribution in [-0.4, -0.2) is 49.8 Å². The maximum atomic E-state index is 11.4. The van der Waals surface area contributed by atoms with E-state index in [0.717, 1.165) is 6.54 Å². The molecule has 6 heteroatoms. The van der Waals surface area contributed by atoms with Crippen molar-refractivity contribution in [2.45, 2.75) is 32.2 Å². The first kappa shape index (κ1) is 15.9. The summed E-state index contributed by atoms with van der Waals surface area (Å²) >= 11 is 0. The highest BCUT2D eigenvalue weighted by Gasteiger charge is 2.18. The highest BCUT2D eigenvalue weighted by Crippen LogP contribution is 1.98. The van der Waals surface area contributed by atoms with E-state index >= 15 is 0 Å². The Hall–Kier alpha value is -1.14. The average Bonchev–Trinajstić information content (AvgIpc) is 2.28. The standard InChI is InChI=1S/C11H22N2O4/c1-3-12-7-6-10(14)13-9(11(15)16)5-4-8-17-2/h9,12H,3-8H2,1-2H3,(H,13,14)(H,15,16). The quantitative estimate of drug-likeness (QED) is 0.472. The lowest BCUT2D eigenvalue weighted by atomic mass is 10.1. The van der Waals surface area contributed by atoms with Gasteiger partial charge in [-0.2, -0.15) is 0 Å². The fourth-order valence-electron chi connectivity index (χ4n) is 1.33. The number of carboxylic acids is 1. The number of rotatable bonds is 10. The van der Waals surface area contributed by atoms with E-state index in [1.807, 2.05) is 6.92 Å². The van der Waals surface area contributed by atoms with Crippen molar-refractivity contribution in [3.05, 3.63) is 0 Å². The molecule has 0 aliphatic rings. The smallest absolute Gasteiger partial charge is 0.326 e. The topological polar surface area (TPSA) is 87.7 Å². The van der Waals surface area contributed by atoms with Crippen molar-refractivity contribution in [3.63, 3.8) is 0 Å². The minimum Gasteiger partial charge on any atom is -0.480 e. The molecule has 0 fully saturated rings. The number of ether oxygens (including phenoxy) is 1. The Bertz CT molecular complexity index is 234. The van der Waals surface area contributed by atoms with Crippen LogP contribution in [0.2, 0.25) is 0 Å². The molecular weight excluding hydrogens is 224 g/mol. The van der Waals surface area contributed by atoms with Crippen LogP contribution in [0, 0.1) is 0 Å². The van der Waals surface area contributed by atoms with Gasteiger partial charge < -0.3 is 20.5 Å². The maximum absolute atomic E-state index is 11.4. The van der Waals surface area contributed by atoms with Crippen molar-refractivity contribution in [3.8, 4) is 0 Å². The lowest BCUT2D eigenvalue weighted by Gasteiger charge is -2.14. The zero-order valence-electron chi connectivity index (χ0n) is 10.5. The highest BCUT2D eigenvalue weighted by molar-refractivity contribution is 5.83. The molecule has 6 nitrogen and oxygen atoms in total. The minimum atomic E-state index is -1.00. The second-order valence-electron chi connectivity index (χ2n) is 3.70. The van der Waals surface area contributed by atoms with Gasteiger partial charge in [0.25, 0.3) is 0 Å². The molecule has 0 saturated carbocycles. The summed E-state index contributed by atoms with van der Waals surface area (Å²) in [5, 5.41) is 14.4. The van der Waals surface area contributed by atoms with Crippen LogP contribution in [0.5, 0.6) is 0 Å². The van der Waals surface area contributed by atoms with Crippen molar-refractivity contribution in [2.24, 2.45) is 0 Å². The average molecular weight is 246 g/mol. The van der Waals surface area contributed by atoms with Gasteiger partial charge in [0.2, 0.25) is 5.91 Å². The van der Waals surface area contributed by atoms with Gasteiger partial charge in [-0.05, 0) is 19.4 Å². The Morgan fingerprint density at radius 3 is 2.65 bits per heavy atom. The Labute approximate surface area is 102 Å². The molecule has 1 atom stereocenters. The summed E-state index contributed by atoms with van der Waals surface area (Å²) in [5.41, 5.74) is 0. The second-order valence-corrected chi connectivity index (χ2v) is 3.70. The van der Waals surface area contributed by atoms with Crippen molar-refractivity contribution in [2.75, 3.05) is 26.8 Å². The van der Waals surface area contributed by atoms with Crippen LogP contribution in [0.25, 0.3) is 0 Å². The van der Waals surface area contributed by atoms with Crippen LogP contribution in [0.4, 0.5) is 0 Å². The third-order valence-corrected chi connectivity index (χ3v) is 2.25. The second kappa shape index (κ2) is 10.0. The van der Waals surface area contributed by atoms with E-state index in [1.54, 1.807) is 7.11 Å². The number of aliphatic carboxylic acids is 1. The van der Waals surface area contributed by atoms with Gasteiger partial charge in [0.15, 0.2) is 0 Å². The predicted octanol–water partition coefficient (Wildman–Crippen LogP) is -0.0180. The Morgan fingerprint density at radius 2 is 2.12 bits per heavy atom. The summed E-state index contributed by atoms with van der Waals surface area (Å²) in [5.74, 6) is -1.24. The zero-order chi connectivity index (χ0) is 13.1. The summed E-state index contributed by atoms with van der Waals surface area (Å²) in [4.78, 5) is 22.3. The molecule has 17 heavy (non-hydrogen) atoms. The van der Waals surface area contributed by atoms with Crippen molar-refractivity contribution in [1.29, 1.82) is 0 Å². The molecule has 1 amide bonds. The van der Waals surface area contributed by atoms with Gasteiger partial charge in [0, 0.05) is 26.7 Å². The van der Waals surface area contributed by atoms with Gasteiger partial charge in [-0.15, -0.1) is 0 Å². The van der Waals surface area contributed by atoms with Crippen LogP contribution < -0.4 is 10.6 Å². The van der Waals surface area contributed by atoms with Crippen LogP contribution in [0.3, 0.4) is 0 Å². The number of carbonyl (C=O) groups excluding carboxylic acids is 1. The number of methoxy groups -OCH3 is 1. The normalized spacial score (nSPS) is 12.1.